The highest BCUT2D eigenvalue weighted by Crippen LogP contribution is 2.49. The van der Waals surface area contributed by atoms with Crippen molar-refractivity contribution in [2.45, 2.75) is 43.8 Å². The summed E-state index contributed by atoms with van der Waals surface area (Å²) in [5, 5.41) is 0. The van der Waals surface area contributed by atoms with Gasteiger partial charge in [0.05, 0.1) is 16.7 Å². The van der Waals surface area contributed by atoms with Gasteiger partial charge in [0.25, 0.3) is 5.92 Å². The second-order valence-corrected chi connectivity index (χ2v) is 11.5. The fraction of sp³-hybridized carbons (Fsp3) is 0.433. The molecule has 244 valence electrons. The van der Waals surface area contributed by atoms with Crippen molar-refractivity contribution in [3.05, 3.63) is 66.0 Å². The van der Waals surface area contributed by atoms with E-state index in [2.05, 4.69) is 34.6 Å². The number of ether oxygens (including phenoxy) is 1. The molecule has 6 rings (SSSR count). The van der Waals surface area contributed by atoms with Gasteiger partial charge in [0, 0.05) is 68.6 Å². The molecule has 1 aliphatic heterocycles. The second kappa shape index (κ2) is 11.8. The van der Waals surface area contributed by atoms with Gasteiger partial charge in [-0.15, -0.1) is 0 Å². The minimum absolute atomic E-state index is 0.000947. The van der Waals surface area contributed by atoms with Gasteiger partial charge in [0.1, 0.15) is 18.1 Å². The molecule has 1 N–H and O–H groups in total. The van der Waals surface area contributed by atoms with Crippen LogP contribution < -0.4 is 4.74 Å². The number of imidazole rings is 1. The first-order chi connectivity index (χ1) is 21.7. The largest absolute Gasteiger partial charge is 0.471 e. The monoisotopic (exact) mass is 651 g/mol. The lowest BCUT2D eigenvalue weighted by atomic mass is 10.1. The number of H-pyrrole nitrogens is 1. The number of piperazine rings is 1. The fourth-order valence-electron chi connectivity index (χ4n) is 5.40. The van der Waals surface area contributed by atoms with E-state index in [1.54, 1.807) is 24.4 Å². The molecule has 1 saturated heterocycles. The minimum atomic E-state index is -5.75. The van der Waals surface area contributed by atoms with Crippen LogP contribution in [0.2, 0.25) is 0 Å². The molecule has 2 fully saturated rings. The third kappa shape index (κ3) is 6.62. The van der Waals surface area contributed by atoms with Crippen LogP contribution in [-0.4, -0.2) is 91.4 Å². The number of hydrogen-bond donors (Lipinski definition) is 1. The van der Waals surface area contributed by atoms with Crippen LogP contribution in [0.3, 0.4) is 0 Å². The lowest BCUT2D eigenvalue weighted by Crippen LogP contribution is -2.50. The van der Waals surface area contributed by atoms with Gasteiger partial charge in [0.15, 0.2) is 6.61 Å². The SMILES string of the molecule is CC(c1ccnc(Cc2nc3ccc(-c4cc(OCC(F)(F)C(F)(F)F)ncn4)cc3[nH]2)c1)N1CCN(C(=O)[C@@H]2CC2(F)F)CC1. The molecule has 46 heavy (non-hydrogen) atoms. The Morgan fingerprint density at radius 1 is 1.04 bits per heavy atom. The summed E-state index contributed by atoms with van der Waals surface area (Å²) in [4.78, 5) is 36.1. The molecule has 0 spiro atoms. The summed E-state index contributed by atoms with van der Waals surface area (Å²) in [7, 11) is 0. The topological polar surface area (TPSA) is 100 Å². The van der Waals surface area contributed by atoms with Crippen LogP contribution in [0, 0.1) is 5.92 Å². The number of carbonyl (C=O) groups is 1. The third-order valence-electron chi connectivity index (χ3n) is 8.25. The summed E-state index contributed by atoms with van der Waals surface area (Å²) >= 11 is 0. The highest BCUT2D eigenvalue weighted by atomic mass is 19.4. The molecule has 9 nitrogen and oxygen atoms in total. The molecule has 4 heterocycles. The Hall–Kier alpha value is -4.34. The number of fused-ring (bicyclic) bond motifs is 1. The number of benzene rings is 1. The molecule has 4 aromatic rings. The molecule has 1 aliphatic carbocycles. The summed E-state index contributed by atoms with van der Waals surface area (Å²) in [5.74, 6) is -9.37. The third-order valence-corrected chi connectivity index (χ3v) is 8.25. The van der Waals surface area contributed by atoms with Gasteiger partial charge in [-0.1, -0.05) is 6.07 Å². The standard InChI is InChI=1S/C30H28F7N7O2/c1-17(43-6-8-44(9-7-43)27(45)21-14-28(21,31)32)18-4-5-38-20(10-18)12-25-41-22-3-2-19(11-24(22)42-25)23-13-26(40-16-39-23)46-15-29(33,34)30(35,36)37/h2-5,10-11,13,16-17,21H,6-9,12,14-15H2,1H3,(H,41,42)/t17?,21-/m0/s1. The van der Waals surface area contributed by atoms with Gasteiger partial charge in [-0.25, -0.2) is 23.7 Å². The molecule has 1 aromatic carbocycles. The lowest BCUT2D eigenvalue weighted by molar-refractivity contribution is -0.290. The van der Waals surface area contributed by atoms with E-state index in [4.69, 9.17) is 0 Å². The summed E-state index contributed by atoms with van der Waals surface area (Å²) in [6, 6.07) is 10.1. The highest BCUT2D eigenvalue weighted by molar-refractivity contribution is 5.83. The van der Waals surface area contributed by atoms with Gasteiger partial charge < -0.3 is 14.6 Å². The van der Waals surface area contributed by atoms with E-state index in [0.717, 1.165) is 17.6 Å². The van der Waals surface area contributed by atoms with Crippen LogP contribution in [0.5, 0.6) is 5.88 Å². The number of halogens is 7. The van der Waals surface area contributed by atoms with E-state index in [9.17, 15) is 35.5 Å². The summed E-state index contributed by atoms with van der Waals surface area (Å²) in [5.41, 5.74) is 3.80. The fourth-order valence-corrected chi connectivity index (χ4v) is 5.40. The predicted molar refractivity (Wildman–Crippen MR) is 150 cm³/mol. The zero-order valence-electron chi connectivity index (χ0n) is 24.4. The molecule has 2 atom stereocenters. The van der Waals surface area contributed by atoms with Crippen LogP contribution >= 0.6 is 0 Å². The van der Waals surface area contributed by atoms with Gasteiger partial charge in [-0.3, -0.25) is 14.7 Å². The first-order valence-electron chi connectivity index (χ1n) is 14.4. The Morgan fingerprint density at radius 2 is 1.78 bits per heavy atom. The van der Waals surface area contributed by atoms with E-state index >= 15 is 0 Å². The Bertz CT molecular complexity index is 1740. The van der Waals surface area contributed by atoms with E-state index in [1.165, 1.54) is 11.0 Å². The van der Waals surface area contributed by atoms with E-state index in [0.29, 0.717) is 55.0 Å². The summed E-state index contributed by atoms with van der Waals surface area (Å²) < 4.78 is 95.2. The Morgan fingerprint density at radius 3 is 2.48 bits per heavy atom. The van der Waals surface area contributed by atoms with Gasteiger partial charge >= 0.3 is 12.1 Å². The second-order valence-electron chi connectivity index (χ2n) is 11.5. The summed E-state index contributed by atoms with van der Waals surface area (Å²) in [6.45, 7) is 2.05. The quantitative estimate of drug-likeness (QED) is 0.241. The van der Waals surface area contributed by atoms with Gasteiger partial charge in [-0.05, 0) is 36.8 Å². The maximum absolute atomic E-state index is 13.3. The molecular formula is C30H28F7N7O2. The Labute approximate surface area is 257 Å². The predicted octanol–water partition coefficient (Wildman–Crippen LogP) is 5.44. The number of carbonyl (C=O) groups excluding carboxylic acids is 1. The average molecular weight is 652 g/mol. The van der Waals surface area contributed by atoms with E-state index in [1.807, 2.05) is 19.1 Å². The molecule has 1 unspecified atom stereocenters. The first-order valence-corrected chi connectivity index (χ1v) is 14.4. The molecule has 3 aromatic heterocycles. The van der Waals surface area contributed by atoms with Crippen LogP contribution in [0.25, 0.3) is 22.3 Å². The summed E-state index contributed by atoms with van der Waals surface area (Å²) in [6.07, 6.45) is -3.03. The van der Waals surface area contributed by atoms with Crippen LogP contribution in [0.4, 0.5) is 30.7 Å². The molecule has 2 aliphatic rings. The van der Waals surface area contributed by atoms with Crippen molar-refractivity contribution in [2.75, 3.05) is 32.8 Å². The number of aromatic nitrogens is 5. The number of aromatic amines is 1. The number of nitrogens with zero attached hydrogens (tertiary/aromatic N) is 6. The highest BCUT2D eigenvalue weighted by Gasteiger charge is 2.62. The van der Waals surface area contributed by atoms with Crippen molar-refractivity contribution in [1.29, 1.82) is 0 Å². The van der Waals surface area contributed by atoms with Crippen molar-refractivity contribution in [1.82, 2.24) is 34.7 Å². The van der Waals surface area contributed by atoms with Gasteiger partial charge in [-0.2, -0.15) is 22.0 Å². The normalized spacial score (nSPS) is 19.3. The molecule has 16 heteroatoms. The maximum atomic E-state index is 13.3. The molecule has 0 radical (unpaired) electrons. The van der Waals surface area contributed by atoms with Crippen LogP contribution in [-0.2, 0) is 11.2 Å². The zero-order chi connectivity index (χ0) is 32.9. The number of hydrogen-bond acceptors (Lipinski definition) is 7. The first kappa shape index (κ1) is 31.6. The van der Waals surface area contributed by atoms with Crippen molar-refractivity contribution in [2.24, 2.45) is 5.92 Å². The molecule has 1 amide bonds. The minimum Gasteiger partial charge on any atom is -0.471 e. The number of pyridine rings is 1. The lowest BCUT2D eigenvalue weighted by Gasteiger charge is -2.38. The number of rotatable bonds is 9. The van der Waals surface area contributed by atoms with Gasteiger partial charge in [0.2, 0.25) is 11.8 Å². The Kier molecular flexibility index (Phi) is 8.11. The Balaban J connectivity index is 1.09. The van der Waals surface area contributed by atoms with Crippen molar-refractivity contribution >= 4 is 16.9 Å². The zero-order valence-corrected chi connectivity index (χ0v) is 24.4. The van der Waals surface area contributed by atoms with Crippen molar-refractivity contribution in [3.63, 3.8) is 0 Å². The molecular weight excluding hydrogens is 623 g/mol. The van der Waals surface area contributed by atoms with Crippen LogP contribution in [0.1, 0.15) is 36.5 Å². The van der Waals surface area contributed by atoms with E-state index in [-0.39, 0.29) is 18.2 Å². The average Bonchev–Trinajstić information content (AvgIpc) is 3.48. The smallest absolute Gasteiger partial charge is 0.456 e. The number of nitrogens with one attached hydrogen (secondary N) is 1. The molecule has 1 saturated carbocycles. The number of amides is 1. The molecule has 0 bridgehead atoms. The maximum Gasteiger partial charge on any atom is 0.456 e. The number of alkyl halides is 7. The van der Waals surface area contributed by atoms with Crippen molar-refractivity contribution in [3.8, 4) is 17.1 Å². The van der Waals surface area contributed by atoms with E-state index < -0.39 is 42.3 Å². The van der Waals surface area contributed by atoms with Crippen LogP contribution in [0.15, 0.2) is 48.9 Å². The van der Waals surface area contributed by atoms with Crippen molar-refractivity contribution < 1.29 is 40.3 Å².